The fourth-order valence-electron chi connectivity index (χ4n) is 5.84. The van der Waals surface area contributed by atoms with Crippen LogP contribution in [-0.4, -0.2) is 0 Å². The van der Waals surface area contributed by atoms with E-state index in [0.717, 1.165) is 12.8 Å². The Balaban J connectivity index is 1.70. The molecule has 2 aliphatic carbocycles. The lowest BCUT2D eigenvalue weighted by Gasteiger charge is -2.22. The Hall–Kier alpha value is -3.90. The molecule has 0 N–H and O–H groups in total. The van der Waals surface area contributed by atoms with Gasteiger partial charge in [0.15, 0.2) is 0 Å². The summed E-state index contributed by atoms with van der Waals surface area (Å²) in [5.41, 5.74) is 17.0. The van der Waals surface area contributed by atoms with Crippen LogP contribution in [0.3, 0.4) is 0 Å². The molecular formula is C32H22. The van der Waals surface area contributed by atoms with Crippen LogP contribution in [0.15, 0.2) is 109 Å². The van der Waals surface area contributed by atoms with Crippen LogP contribution in [0.4, 0.5) is 0 Å². The third-order valence-corrected chi connectivity index (χ3v) is 7.15. The van der Waals surface area contributed by atoms with Gasteiger partial charge in [-0.05, 0) is 79.6 Å². The molecule has 32 heavy (non-hydrogen) atoms. The standard InChI is InChI=1S/C32H22/c1-3-11-21(12-4-1)29-30(22-13-5-2-6-14-22)32-26-18-10-8-16-24(26)20-28(32)27-19-23-15-7-9-17-25(23)31(27)29/h1-18H,19-20H2. The van der Waals surface area contributed by atoms with Crippen molar-refractivity contribution in [3.8, 4) is 44.5 Å². The Morgan fingerprint density at radius 1 is 0.344 bits per heavy atom. The summed E-state index contributed by atoms with van der Waals surface area (Å²) in [5, 5.41) is 0. The van der Waals surface area contributed by atoms with E-state index in [1.165, 1.54) is 66.8 Å². The first kappa shape index (κ1) is 17.7. The number of benzene rings is 5. The Labute approximate surface area is 188 Å². The summed E-state index contributed by atoms with van der Waals surface area (Å²) in [6.07, 6.45) is 2.05. The lowest BCUT2D eigenvalue weighted by atomic mass is 9.81. The molecule has 0 saturated heterocycles. The Morgan fingerprint density at radius 3 is 1.16 bits per heavy atom. The van der Waals surface area contributed by atoms with E-state index in [-0.39, 0.29) is 0 Å². The van der Waals surface area contributed by atoms with Gasteiger partial charge in [-0.2, -0.15) is 0 Å². The molecule has 150 valence electrons. The molecular weight excluding hydrogens is 384 g/mol. The van der Waals surface area contributed by atoms with Crippen LogP contribution in [0.5, 0.6) is 0 Å². The second-order valence-corrected chi connectivity index (χ2v) is 8.86. The summed E-state index contributed by atoms with van der Waals surface area (Å²) in [4.78, 5) is 0. The predicted molar refractivity (Wildman–Crippen MR) is 134 cm³/mol. The van der Waals surface area contributed by atoms with Gasteiger partial charge < -0.3 is 0 Å². The topological polar surface area (TPSA) is 0 Å². The molecule has 0 aromatic heterocycles. The Morgan fingerprint density at radius 2 is 0.719 bits per heavy atom. The molecule has 0 fully saturated rings. The monoisotopic (exact) mass is 406 g/mol. The zero-order valence-corrected chi connectivity index (χ0v) is 17.8. The van der Waals surface area contributed by atoms with Crippen LogP contribution in [0.1, 0.15) is 22.3 Å². The van der Waals surface area contributed by atoms with Gasteiger partial charge in [0.2, 0.25) is 0 Å². The van der Waals surface area contributed by atoms with Gasteiger partial charge in [0.25, 0.3) is 0 Å². The van der Waals surface area contributed by atoms with E-state index in [1.54, 1.807) is 0 Å². The van der Waals surface area contributed by atoms with Gasteiger partial charge in [0.1, 0.15) is 0 Å². The third kappa shape index (κ3) is 2.44. The number of hydrogen-bond acceptors (Lipinski definition) is 0. The van der Waals surface area contributed by atoms with Crippen LogP contribution < -0.4 is 0 Å². The maximum Gasteiger partial charge on any atom is -0.00101 e. The zero-order chi connectivity index (χ0) is 21.1. The van der Waals surface area contributed by atoms with Crippen LogP contribution >= 0.6 is 0 Å². The summed E-state index contributed by atoms with van der Waals surface area (Å²) >= 11 is 0. The van der Waals surface area contributed by atoms with Crippen LogP contribution in [-0.2, 0) is 12.8 Å². The van der Waals surface area contributed by atoms with E-state index >= 15 is 0 Å². The summed E-state index contributed by atoms with van der Waals surface area (Å²) in [6.45, 7) is 0. The van der Waals surface area contributed by atoms with E-state index in [0.29, 0.717) is 0 Å². The number of fused-ring (bicyclic) bond motifs is 7. The molecule has 0 radical (unpaired) electrons. The minimum Gasteiger partial charge on any atom is -0.0622 e. The normalized spacial score (nSPS) is 12.8. The molecule has 0 bridgehead atoms. The quantitative estimate of drug-likeness (QED) is 0.272. The number of rotatable bonds is 2. The fraction of sp³-hybridized carbons (Fsp3) is 0.0625. The molecule has 2 aliphatic rings. The smallest absolute Gasteiger partial charge is 0.00101 e. The van der Waals surface area contributed by atoms with Gasteiger partial charge >= 0.3 is 0 Å². The predicted octanol–water partition coefficient (Wildman–Crippen LogP) is 8.16. The van der Waals surface area contributed by atoms with Gasteiger partial charge in [-0.3, -0.25) is 0 Å². The molecule has 0 heterocycles. The highest BCUT2D eigenvalue weighted by molar-refractivity contribution is 6.07. The van der Waals surface area contributed by atoms with E-state index in [2.05, 4.69) is 109 Å². The molecule has 0 saturated carbocycles. The summed E-state index contributed by atoms with van der Waals surface area (Å²) in [5.74, 6) is 0. The van der Waals surface area contributed by atoms with Crippen molar-refractivity contribution in [3.05, 3.63) is 131 Å². The van der Waals surface area contributed by atoms with Crippen molar-refractivity contribution < 1.29 is 0 Å². The number of hydrogen-bond donors (Lipinski definition) is 0. The van der Waals surface area contributed by atoms with Gasteiger partial charge in [-0.1, -0.05) is 109 Å². The SMILES string of the molecule is c1ccc(-c2c3c(c4c(c2-c2ccccc2)-c2ccccc2C4)Cc2ccccc2-3)cc1. The summed E-state index contributed by atoms with van der Waals surface area (Å²) in [7, 11) is 0. The highest BCUT2D eigenvalue weighted by atomic mass is 14.4. The van der Waals surface area contributed by atoms with Gasteiger partial charge in [0, 0.05) is 0 Å². The molecule has 0 nitrogen and oxygen atoms in total. The zero-order valence-electron chi connectivity index (χ0n) is 17.8. The van der Waals surface area contributed by atoms with Crippen LogP contribution in [0, 0.1) is 0 Å². The minimum absolute atomic E-state index is 1.02. The van der Waals surface area contributed by atoms with Crippen molar-refractivity contribution in [2.24, 2.45) is 0 Å². The first-order chi connectivity index (χ1) is 15.9. The maximum atomic E-state index is 2.32. The molecule has 0 amide bonds. The average molecular weight is 407 g/mol. The Bertz CT molecular complexity index is 1370. The Kier molecular flexibility index (Phi) is 3.77. The molecule has 0 spiro atoms. The van der Waals surface area contributed by atoms with E-state index in [9.17, 15) is 0 Å². The average Bonchev–Trinajstić information content (AvgIpc) is 3.43. The van der Waals surface area contributed by atoms with Crippen molar-refractivity contribution in [2.75, 3.05) is 0 Å². The van der Waals surface area contributed by atoms with E-state index in [4.69, 9.17) is 0 Å². The van der Waals surface area contributed by atoms with Crippen molar-refractivity contribution in [1.82, 2.24) is 0 Å². The third-order valence-electron chi connectivity index (χ3n) is 7.15. The van der Waals surface area contributed by atoms with E-state index in [1.807, 2.05) is 0 Å². The molecule has 0 unspecified atom stereocenters. The van der Waals surface area contributed by atoms with Gasteiger partial charge in [-0.15, -0.1) is 0 Å². The molecule has 0 aliphatic heterocycles. The van der Waals surface area contributed by atoms with Crippen molar-refractivity contribution in [3.63, 3.8) is 0 Å². The molecule has 0 atom stereocenters. The fourth-order valence-corrected chi connectivity index (χ4v) is 5.84. The maximum absolute atomic E-state index is 2.32. The van der Waals surface area contributed by atoms with Crippen molar-refractivity contribution in [1.29, 1.82) is 0 Å². The van der Waals surface area contributed by atoms with E-state index < -0.39 is 0 Å². The van der Waals surface area contributed by atoms with Crippen molar-refractivity contribution >= 4 is 0 Å². The molecule has 5 aromatic rings. The highest BCUT2D eigenvalue weighted by Crippen LogP contribution is 2.56. The van der Waals surface area contributed by atoms with Crippen LogP contribution in [0.2, 0.25) is 0 Å². The lowest BCUT2D eigenvalue weighted by Crippen LogP contribution is -1.99. The van der Waals surface area contributed by atoms with Crippen molar-refractivity contribution in [2.45, 2.75) is 12.8 Å². The van der Waals surface area contributed by atoms with Gasteiger partial charge in [0.05, 0.1) is 0 Å². The summed E-state index contributed by atoms with van der Waals surface area (Å²) in [6, 6.07) is 40.0. The van der Waals surface area contributed by atoms with Crippen LogP contribution in [0.25, 0.3) is 44.5 Å². The largest absolute Gasteiger partial charge is 0.0622 e. The molecule has 0 heteroatoms. The second kappa shape index (κ2) is 6.80. The second-order valence-electron chi connectivity index (χ2n) is 8.86. The first-order valence-electron chi connectivity index (χ1n) is 11.4. The summed E-state index contributed by atoms with van der Waals surface area (Å²) < 4.78 is 0. The highest BCUT2D eigenvalue weighted by Gasteiger charge is 2.34. The molecule has 7 rings (SSSR count). The lowest BCUT2D eigenvalue weighted by molar-refractivity contribution is 1.16. The molecule has 5 aromatic carbocycles. The first-order valence-corrected chi connectivity index (χ1v) is 11.4. The minimum atomic E-state index is 1.02. The van der Waals surface area contributed by atoms with Gasteiger partial charge in [-0.25, -0.2) is 0 Å².